The Kier molecular flexibility index (Phi) is 7.38. The maximum Gasteiger partial charge on any atom is 0.231 e. The van der Waals surface area contributed by atoms with Gasteiger partial charge in [0.2, 0.25) is 5.91 Å². The van der Waals surface area contributed by atoms with Crippen molar-refractivity contribution in [1.82, 2.24) is 20.1 Å². The molecule has 2 aliphatic carbocycles. The zero-order chi connectivity index (χ0) is 24.1. The molecule has 3 aromatic rings. The largest absolute Gasteiger partial charge is 0.337 e. The second-order valence-corrected chi connectivity index (χ2v) is 10.9. The van der Waals surface area contributed by atoms with E-state index in [0.29, 0.717) is 6.04 Å². The number of fused-ring (bicyclic) bond motifs is 1. The van der Waals surface area contributed by atoms with Crippen LogP contribution in [0.3, 0.4) is 0 Å². The van der Waals surface area contributed by atoms with E-state index in [9.17, 15) is 10.1 Å². The van der Waals surface area contributed by atoms with Crippen molar-refractivity contribution in [2.24, 2.45) is 0 Å². The number of nitrogens with one attached hydrogen (secondary N) is 1. The Bertz CT molecular complexity index is 1210. The fraction of sp³-hybridized carbons (Fsp3) is 0.500. The third-order valence-corrected chi connectivity index (χ3v) is 8.48. The van der Waals surface area contributed by atoms with E-state index in [1.807, 2.05) is 0 Å². The summed E-state index contributed by atoms with van der Waals surface area (Å²) in [5, 5.41) is 25.2. The van der Waals surface area contributed by atoms with Gasteiger partial charge in [0.15, 0.2) is 5.16 Å². The monoisotopic (exact) mass is 487 g/mol. The van der Waals surface area contributed by atoms with Crippen molar-refractivity contribution >= 4 is 28.4 Å². The summed E-state index contributed by atoms with van der Waals surface area (Å²) in [6.45, 7) is 0. The van der Waals surface area contributed by atoms with Crippen LogP contribution >= 0.6 is 11.8 Å². The Morgan fingerprint density at radius 1 is 1.03 bits per heavy atom. The van der Waals surface area contributed by atoms with Gasteiger partial charge < -0.3 is 9.88 Å². The average Bonchev–Trinajstić information content (AvgIpc) is 3.31. The van der Waals surface area contributed by atoms with Crippen LogP contribution in [0, 0.1) is 11.3 Å². The lowest BCUT2D eigenvalue weighted by Gasteiger charge is -2.31. The third kappa shape index (κ3) is 5.38. The molecule has 2 aromatic carbocycles. The Morgan fingerprint density at radius 2 is 1.77 bits per heavy atom. The highest BCUT2D eigenvalue weighted by Gasteiger charge is 2.33. The third-order valence-electron chi connectivity index (χ3n) is 7.54. The smallest absolute Gasteiger partial charge is 0.231 e. The van der Waals surface area contributed by atoms with Crippen molar-refractivity contribution in [3.05, 3.63) is 53.9 Å². The highest BCUT2D eigenvalue weighted by Crippen LogP contribution is 2.34. The minimum Gasteiger partial charge on any atom is -0.337 e. The van der Waals surface area contributed by atoms with Gasteiger partial charge in [-0.05, 0) is 42.0 Å². The number of aromatic nitrogens is 3. The van der Waals surface area contributed by atoms with Gasteiger partial charge in [0.05, 0.1) is 11.8 Å². The lowest BCUT2D eigenvalue weighted by molar-refractivity contribution is -0.120. The van der Waals surface area contributed by atoms with Gasteiger partial charge in [0, 0.05) is 12.5 Å². The Balaban J connectivity index is 1.36. The summed E-state index contributed by atoms with van der Waals surface area (Å²) in [4.78, 5) is 12.8. The van der Waals surface area contributed by atoms with Gasteiger partial charge in [-0.15, -0.1) is 10.2 Å². The molecule has 0 aliphatic heterocycles. The molecule has 1 heterocycles. The molecule has 2 saturated carbocycles. The van der Waals surface area contributed by atoms with E-state index in [2.05, 4.69) is 68.6 Å². The van der Waals surface area contributed by atoms with Gasteiger partial charge in [-0.2, -0.15) is 5.26 Å². The van der Waals surface area contributed by atoms with Crippen molar-refractivity contribution in [1.29, 1.82) is 5.26 Å². The first-order chi connectivity index (χ1) is 17.2. The number of thioether (sulfide) groups is 1. The number of carbonyl (C=O) groups excluding carboxylic acids is 1. The van der Waals surface area contributed by atoms with Crippen LogP contribution in [-0.4, -0.2) is 32.0 Å². The predicted octanol–water partition coefficient (Wildman–Crippen LogP) is 5.96. The van der Waals surface area contributed by atoms with E-state index >= 15 is 0 Å². The topological polar surface area (TPSA) is 83.6 Å². The molecule has 0 unspecified atom stereocenters. The lowest BCUT2D eigenvalue weighted by atomic mass is 9.83. The summed E-state index contributed by atoms with van der Waals surface area (Å²) in [7, 11) is 0. The second-order valence-electron chi connectivity index (χ2n) is 9.97. The van der Waals surface area contributed by atoms with Crippen LogP contribution in [0.4, 0.5) is 0 Å². The number of amides is 1. The zero-order valence-corrected chi connectivity index (χ0v) is 21.0. The van der Waals surface area contributed by atoms with E-state index in [0.717, 1.165) is 62.3 Å². The molecule has 0 spiro atoms. The summed E-state index contributed by atoms with van der Waals surface area (Å²) in [6.07, 6.45) is 11.3. The first-order valence-electron chi connectivity index (χ1n) is 12.9. The van der Waals surface area contributed by atoms with Gasteiger partial charge in [-0.1, -0.05) is 92.8 Å². The van der Waals surface area contributed by atoms with E-state index < -0.39 is 5.54 Å². The maximum atomic E-state index is 12.8. The van der Waals surface area contributed by atoms with Gasteiger partial charge in [0.25, 0.3) is 0 Å². The molecule has 7 heteroatoms. The molecule has 2 fully saturated rings. The summed E-state index contributed by atoms with van der Waals surface area (Å²) >= 11 is 1.45. The Labute approximate surface area is 211 Å². The highest BCUT2D eigenvalue weighted by molar-refractivity contribution is 7.99. The number of carbonyl (C=O) groups is 1. The number of nitriles is 1. The molecule has 182 valence electrons. The van der Waals surface area contributed by atoms with Crippen molar-refractivity contribution < 1.29 is 4.79 Å². The van der Waals surface area contributed by atoms with Gasteiger partial charge in [-0.3, -0.25) is 4.79 Å². The van der Waals surface area contributed by atoms with Crippen LogP contribution in [-0.2, 0) is 11.2 Å². The highest BCUT2D eigenvalue weighted by atomic mass is 32.2. The molecule has 2 aliphatic rings. The molecule has 0 atom stereocenters. The number of nitrogens with zero attached hydrogens (tertiary/aromatic N) is 4. The van der Waals surface area contributed by atoms with E-state index in [-0.39, 0.29) is 11.7 Å². The summed E-state index contributed by atoms with van der Waals surface area (Å²) in [6, 6.07) is 17.6. The summed E-state index contributed by atoms with van der Waals surface area (Å²) in [5.74, 6) is 1.13. The minimum absolute atomic E-state index is 0.0905. The predicted molar refractivity (Wildman–Crippen MR) is 139 cm³/mol. The minimum atomic E-state index is -0.702. The van der Waals surface area contributed by atoms with Crippen LogP contribution in [0.2, 0.25) is 0 Å². The van der Waals surface area contributed by atoms with Gasteiger partial charge in [0.1, 0.15) is 11.4 Å². The van der Waals surface area contributed by atoms with E-state index in [4.69, 9.17) is 0 Å². The van der Waals surface area contributed by atoms with Crippen molar-refractivity contribution in [2.75, 3.05) is 5.75 Å². The maximum absolute atomic E-state index is 12.8. The molecule has 35 heavy (non-hydrogen) atoms. The molecule has 5 rings (SSSR count). The number of benzene rings is 2. The number of hydrogen-bond donors (Lipinski definition) is 1. The fourth-order valence-corrected chi connectivity index (χ4v) is 6.53. The van der Waals surface area contributed by atoms with Crippen molar-refractivity contribution in [2.45, 2.75) is 87.4 Å². The van der Waals surface area contributed by atoms with Gasteiger partial charge in [-0.25, -0.2) is 0 Å². The van der Waals surface area contributed by atoms with Crippen molar-refractivity contribution in [3.63, 3.8) is 0 Å². The molecule has 1 N–H and O–H groups in total. The SMILES string of the molecule is N#CC1(NC(=O)CSc2nnc(Cc3cccc4ccccc34)n2C2CCCCC2)CCCCC1. The van der Waals surface area contributed by atoms with Crippen molar-refractivity contribution in [3.8, 4) is 6.07 Å². The molecule has 0 radical (unpaired) electrons. The molecule has 6 nitrogen and oxygen atoms in total. The van der Waals surface area contributed by atoms with E-state index in [1.54, 1.807) is 0 Å². The normalized spacial score (nSPS) is 18.3. The molecule has 0 saturated heterocycles. The molecular formula is C28H33N5OS. The van der Waals surface area contributed by atoms with Crippen LogP contribution in [0.25, 0.3) is 10.8 Å². The zero-order valence-electron chi connectivity index (χ0n) is 20.2. The summed E-state index contributed by atoms with van der Waals surface area (Å²) in [5.41, 5.74) is 0.544. The van der Waals surface area contributed by atoms with Gasteiger partial charge >= 0.3 is 0 Å². The Hall–Kier alpha value is -2.85. The molecule has 0 bridgehead atoms. The summed E-state index contributed by atoms with van der Waals surface area (Å²) < 4.78 is 2.31. The van der Waals surface area contributed by atoms with Crippen LogP contribution in [0.5, 0.6) is 0 Å². The fourth-order valence-electron chi connectivity index (χ4n) is 5.70. The molecule has 1 amide bonds. The lowest BCUT2D eigenvalue weighted by Crippen LogP contribution is -2.49. The standard InChI is InChI=1S/C28H33N5OS/c29-20-28(16-7-2-8-17-28)30-26(34)19-35-27-32-31-25(33(27)23-13-3-1-4-14-23)18-22-12-9-11-21-10-5-6-15-24(21)22/h5-6,9-12,15,23H,1-4,7-8,13-14,16-19H2,(H,30,34). The number of rotatable bonds is 7. The first kappa shape index (κ1) is 23.9. The van der Waals surface area contributed by atoms with E-state index in [1.165, 1.54) is 47.4 Å². The van der Waals surface area contributed by atoms with Crippen LogP contribution < -0.4 is 5.32 Å². The first-order valence-corrected chi connectivity index (χ1v) is 13.9. The number of hydrogen-bond acceptors (Lipinski definition) is 5. The Morgan fingerprint density at radius 3 is 2.57 bits per heavy atom. The molecular weight excluding hydrogens is 454 g/mol. The quantitative estimate of drug-likeness (QED) is 0.416. The van der Waals surface area contributed by atoms with Crippen LogP contribution in [0.1, 0.15) is 81.6 Å². The average molecular weight is 488 g/mol. The molecule has 1 aromatic heterocycles. The van der Waals surface area contributed by atoms with Crippen LogP contribution in [0.15, 0.2) is 47.6 Å². The second kappa shape index (κ2) is 10.8.